The Morgan fingerprint density at radius 3 is 2.39 bits per heavy atom. The van der Waals surface area contributed by atoms with Crippen LogP contribution in [0, 0.1) is 0 Å². The summed E-state index contributed by atoms with van der Waals surface area (Å²) in [6.07, 6.45) is 1.43. The number of amides is 1. The second kappa shape index (κ2) is 6.23. The van der Waals surface area contributed by atoms with E-state index in [2.05, 4.69) is 20.0 Å². The van der Waals surface area contributed by atoms with E-state index in [0.717, 1.165) is 5.52 Å². The van der Waals surface area contributed by atoms with Crippen molar-refractivity contribution >= 4 is 28.6 Å². The van der Waals surface area contributed by atoms with Crippen molar-refractivity contribution in [2.45, 2.75) is 0 Å². The summed E-state index contributed by atoms with van der Waals surface area (Å²) in [7, 11) is 1.32. The highest BCUT2D eigenvalue weighted by Crippen LogP contribution is 2.13. The molecule has 0 aliphatic rings. The molecule has 0 atom stereocenters. The highest BCUT2D eigenvalue weighted by Gasteiger charge is 2.10. The molecule has 0 saturated heterocycles. The number of hydrogen-bond donors (Lipinski definition) is 1. The number of hydrogen-bond acceptors (Lipinski definition) is 5. The third-order valence-corrected chi connectivity index (χ3v) is 3.25. The van der Waals surface area contributed by atoms with Gasteiger partial charge in [-0.05, 0) is 36.4 Å². The molecule has 23 heavy (non-hydrogen) atoms. The maximum absolute atomic E-state index is 12.2. The summed E-state index contributed by atoms with van der Waals surface area (Å²) in [5, 5.41) is 2.71. The molecule has 1 N–H and O–H groups in total. The van der Waals surface area contributed by atoms with Crippen LogP contribution in [0.4, 0.5) is 5.69 Å². The lowest BCUT2D eigenvalue weighted by Gasteiger charge is -2.06. The summed E-state index contributed by atoms with van der Waals surface area (Å²) in [6.45, 7) is 0. The molecule has 3 aromatic rings. The first-order valence-corrected chi connectivity index (χ1v) is 6.89. The molecule has 3 rings (SSSR count). The molecule has 0 bridgehead atoms. The van der Waals surface area contributed by atoms with Gasteiger partial charge >= 0.3 is 5.97 Å². The topological polar surface area (TPSA) is 81.2 Å². The van der Waals surface area contributed by atoms with Gasteiger partial charge in [-0.1, -0.05) is 12.1 Å². The summed E-state index contributed by atoms with van der Waals surface area (Å²) in [4.78, 5) is 32.1. The molecule has 0 aliphatic carbocycles. The van der Waals surface area contributed by atoms with Crippen molar-refractivity contribution in [3.05, 3.63) is 66.0 Å². The van der Waals surface area contributed by atoms with Crippen LogP contribution in [0.3, 0.4) is 0 Å². The molecule has 1 amide bonds. The van der Waals surface area contributed by atoms with E-state index in [-0.39, 0.29) is 11.6 Å². The normalized spacial score (nSPS) is 10.3. The van der Waals surface area contributed by atoms with E-state index < -0.39 is 5.97 Å². The average Bonchev–Trinajstić information content (AvgIpc) is 2.61. The van der Waals surface area contributed by atoms with E-state index >= 15 is 0 Å². The molecular weight excluding hydrogens is 294 g/mol. The number of carbonyl (C=O) groups is 2. The lowest BCUT2D eigenvalue weighted by molar-refractivity contribution is 0.0600. The quantitative estimate of drug-likeness (QED) is 0.752. The summed E-state index contributed by atoms with van der Waals surface area (Å²) < 4.78 is 4.62. The third-order valence-electron chi connectivity index (χ3n) is 3.25. The Labute approximate surface area is 132 Å². The van der Waals surface area contributed by atoms with E-state index in [0.29, 0.717) is 16.8 Å². The van der Waals surface area contributed by atoms with Gasteiger partial charge in [0.05, 0.1) is 29.9 Å². The van der Waals surface area contributed by atoms with Gasteiger partial charge in [-0.15, -0.1) is 0 Å². The van der Waals surface area contributed by atoms with Gasteiger partial charge in [0.15, 0.2) is 0 Å². The summed E-state index contributed by atoms with van der Waals surface area (Å²) in [5.41, 5.74) is 2.57. The fourth-order valence-corrected chi connectivity index (χ4v) is 2.07. The number of carbonyl (C=O) groups excluding carboxylic acids is 2. The van der Waals surface area contributed by atoms with Crippen LogP contribution in [0.25, 0.3) is 11.0 Å². The second-order valence-electron chi connectivity index (χ2n) is 4.77. The second-order valence-corrected chi connectivity index (χ2v) is 4.77. The molecule has 0 saturated carbocycles. The maximum Gasteiger partial charge on any atom is 0.337 e. The maximum atomic E-state index is 12.2. The van der Waals surface area contributed by atoms with Crippen molar-refractivity contribution in [3.8, 4) is 0 Å². The molecule has 6 nitrogen and oxygen atoms in total. The van der Waals surface area contributed by atoms with Crippen LogP contribution < -0.4 is 5.32 Å². The minimum Gasteiger partial charge on any atom is -0.465 e. The van der Waals surface area contributed by atoms with E-state index in [1.807, 2.05) is 18.2 Å². The molecule has 0 radical (unpaired) electrons. The zero-order valence-electron chi connectivity index (χ0n) is 12.3. The predicted molar refractivity (Wildman–Crippen MR) is 85.3 cm³/mol. The van der Waals surface area contributed by atoms with Gasteiger partial charge < -0.3 is 10.1 Å². The van der Waals surface area contributed by atoms with Gasteiger partial charge in [-0.3, -0.25) is 9.78 Å². The number of nitrogens with zero attached hydrogens (tertiary/aromatic N) is 2. The van der Waals surface area contributed by atoms with Crippen LogP contribution in [0.15, 0.2) is 54.7 Å². The number of rotatable bonds is 3. The Kier molecular flexibility index (Phi) is 3.97. The SMILES string of the molecule is COC(=O)c1ccc(NC(=O)c2cnc3ccccc3n2)cc1. The molecule has 0 aliphatic heterocycles. The van der Waals surface area contributed by atoms with Crippen molar-refractivity contribution in [2.24, 2.45) is 0 Å². The number of nitrogens with one attached hydrogen (secondary N) is 1. The molecule has 0 spiro atoms. The number of anilines is 1. The van der Waals surface area contributed by atoms with Crippen molar-refractivity contribution in [3.63, 3.8) is 0 Å². The minimum atomic E-state index is -0.428. The zero-order valence-corrected chi connectivity index (χ0v) is 12.3. The summed E-state index contributed by atoms with van der Waals surface area (Å²) >= 11 is 0. The molecule has 1 aromatic heterocycles. The molecule has 0 fully saturated rings. The number of fused-ring (bicyclic) bond motifs is 1. The number of para-hydroxylation sites is 2. The van der Waals surface area contributed by atoms with Crippen LogP contribution in [0.2, 0.25) is 0 Å². The Bertz CT molecular complexity index is 876. The van der Waals surface area contributed by atoms with Crippen LogP contribution in [-0.2, 0) is 4.74 Å². The van der Waals surface area contributed by atoms with E-state index in [9.17, 15) is 9.59 Å². The van der Waals surface area contributed by atoms with Crippen molar-refractivity contribution < 1.29 is 14.3 Å². The van der Waals surface area contributed by atoms with Gasteiger partial charge in [0.25, 0.3) is 5.91 Å². The lowest BCUT2D eigenvalue weighted by Crippen LogP contribution is -2.14. The molecule has 6 heteroatoms. The molecule has 2 aromatic carbocycles. The summed E-state index contributed by atoms with van der Waals surface area (Å²) in [6, 6.07) is 13.7. The molecule has 0 unspecified atom stereocenters. The zero-order chi connectivity index (χ0) is 16.2. The van der Waals surface area contributed by atoms with Crippen molar-refractivity contribution in [1.29, 1.82) is 0 Å². The number of aromatic nitrogens is 2. The smallest absolute Gasteiger partial charge is 0.337 e. The summed E-state index contributed by atoms with van der Waals surface area (Å²) in [5.74, 6) is -0.794. The molecule has 1 heterocycles. The predicted octanol–water partition coefficient (Wildman–Crippen LogP) is 2.67. The highest BCUT2D eigenvalue weighted by atomic mass is 16.5. The first-order chi connectivity index (χ1) is 11.2. The van der Waals surface area contributed by atoms with Gasteiger partial charge in [0, 0.05) is 5.69 Å². The van der Waals surface area contributed by atoms with E-state index in [1.54, 1.807) is 30.3 Å². The van der Waals surface area contributed by atoms with Gasteiger partial charge in [0.2, 0.25) is 0 Å². The average molecular weight is 307 g/mol. The number of methoxy groups -OCH3 is 1. The lowest BCUT2D eigenvalue weighted by atomic mass is 10.2. The Hall–Kier alpha value is -3.28. The van der Waals surface area contributed by atoms with Crippen LogP contribution in [-0.4, -0.2) is 29.0 Å². The first-order valence-electron chi connectivity index (χ1n) is 6.89. The minimum absolute atomic E-state index is 0.223. The van der Waals surface area contributed by atoms with Crippen LogP contribution >= 0.6 is 0 Å². The fourth-order valence-electron chi connectivity index (χ4n) is 2.07. The Morgan fingerprint density at radius 2 is 1.70 bits per heavy atom. The fraction of sp³-hybridized carbons (Fsp3) is 0.0588. The number of ether oxygens (including phenoxy) is 1. The highest BCUT2D eigenvalue weighted by molar-refractivity contribution is 6.03. The monoisotopic (exact) mass is 307 g/mol. The van der Waals surface area contributed by atoms with Gasteiger partial charge in [-0.2, -0.15) is 0 Å². The Balaban J connectivity index is 1.78. The van der Waals surface area contributed by atoms with E-state index in [1.165, 1.54) is 13.3 Å². The number of esters is 1. The molecule has 114 valence electrons. The largest absolute Gasteiger partial charge is 0.465 e. The van der Waals surface area contributed by atoms with Crippen LogP contribution in [0.1, 0.15) is 20.8 Å². The number of benzene rings is 2. The van der Waals surface area contributed by atoms with Crippen molar-refractivity contribution in [1.82, 2.24) is 9.97 Å². The van der Waals surface area contributed by atoms with Gasteiger partial charge in [0.1, 0.15) is 5.69 Å². The molecular formula is C17H13N3O3. The van der Waals surface area contributed by atoms with Crippen molar-refractivity contribution in [2.75, 3.05) is 12.4 Å². The van der Waals surface area contributed by atoms with Crippen LogP contribution in [0.5, 0.6) is 0 Å². The first kappa shape index (κ1) is 14.6. The Morgan fingerprint density at radius 1 is 1.00 bits per heavy atom. The third kappa shape index (κ3) is 3.16. The van der Waals surface area contributed by atoms with Gasteiger partial charge in [-0.25, -0.2) is 9.78 Å². The standard InChI is InChI=1S/C17H13N3O3/c1-23-17(22)11-6-8-12(9-7-11)19-16(21)15-10-18-13-4-2-3-5-14(13)20-15/h2-10H,1H3,(H,19,21). The van der Waals surface area contributed by atoms with E-state index in [4.69, 9.17) is 0 Å².